The topological polar surface area (TPSA) is 89.9 Å². The van der Waals surface area contributed by atoms with E-state index < -0.39 is 0 Å². The minimum Gasteiger partial charge on any atom is -0.371 e. The van der Waals surface area contributed by atoms with Crippen LogP contribution in [0.15, 0.2) is 58.4 Å². The summed E-state index contributed by atoms with van der Waals surface area (Å²) in [4.78, 5) is 28.3. The van der Waals surface area contributed by atoms with Gasteiger partial charge in [0.15, 0.2) is 5.82 Å². The van der Waals surface area contributed by atoms with Gasteiger partial charge in [-0.1, -0.05) is 23.4 Å². The summed E-state index contributed by atoms with van der Waals surface area (Å²) in [5.74, 6) is 2.67. The molecule has 0 radical (unpaired) electrons. The maximum absolute atomic E-state index is 12.8. The molecule has 6 rings (SSSR count). The molecule has 1 saturated carbocycles. The van der Waals surface area contributed by atoms with Gasteiger partial charge in [0.25, 0.3) is 5.56 Å². The van der Waals surface area contributed by atoms with Crippen molar-refractivity contribution in [2.75, 3.05) is 18.0 Å². The van der Waals surface area contributed by atoms with E-state index >= 15 is 0 Å². The zero-order valence-corrected chi connectivity index (χ0v) is 16.5. The summed E-state index contributed by atoms with van der Waals surface area (Å²) in [6, 6.07) is 10.5. The number of piperidine rings is 1. The third-order valence-electron chi connectivity index (χ3n) is 6.33. The van der Waals surface area contributed by atoms with Gasteiger partial charge in [-0.2, -0.15) is 4.98 Å². The number of fused-ring (bicyclic) bond motifs is 2. The predicted octanol–water partition coefficient (Wildman–Crippen LogP) is 2.38. The maximum Gasteiger partial charge on any atom is 0.262 e. The monoisotopic (exact) mass is 400 g/mol. The summed E-state index contributed by atoms with van der Waals surface area (Å²) in [5.41, 5.74) is 2.54. The molecule has 3 aromatic heterocycles. The molecule has 1 aliphatic heterocycles. The molecule has 30 heavy (non-hydrogen) atoms. The first kappa shape index (κ1) is 17.3. The van der Waals surface area contributed by atoms with Crippen molar-refractivity contribution in [3.8, 4) is 0 Å². The predicted molar refractivity (Wildman–Crippen MR) is 110 cm³/mol. The van der Waals surface area contributed by atoms with Crippen molar-refractivity contribution in [2.45, 2.75) is 19.4 Å². The van der Waals surface area contributed by atoms with Crippen LogP contribution in [0, 0.1) is 18.8 Å². The normalized spacial score (nSPS) is 22.4. The van der Waals surface area contributed by atoms with E-state index in [0.717, 1.165) is 24.5 Å². The molecule has 2 fully saturated rings. The second kappa shape index (κ2) is 6.48. The quantitative estimate of drug-likeness (QED) is 0.519. The highest BCUT2D eigenvalue weighted by Gasteiger charge is 2.58. The summed E-state index contributed by atoms with van der Waals surface area (Å²) in [6.07, 6.45) is 4.79. The van der Waals surface area contributed by atoms with Crippen LogP contribution < -0.4 is 10.5 Å². The van der Waals surface area contributed by atoms with Gasteiger partial charge in [-0.3, -0.25) is 14.3 Å². The average Bonchev–Trinajstić information content (AvgIpc) is 3.10. The van der Waals surface area contributed by atoms with Crippen molar-refractivity contribution in [3.05, 3.63) is 76.7 Å². The van der Waals surface area contributed by atoms with Gasteiger partial charge in [0.1, 0.15) is 6.54 Å². The Morgan fingerprint density at radius 3 is 2.73 bits per heavy atom. The summed E-state index contributed by atoms with van der Waals surface area (Å²) in [5, 5.41) is 4.79. The number of hydrogen-bond donors (Lipinski definition) is 0. The highest BCUT2D eigenvalue weighted by atomic mass is 16.5. The smallest absolute Gasteiger partial charge is 0.262 e. The fourth-order valence-corrected chi connectivity index (χ4v) is 4.74. The molecule has 4 aromatic rings. The van der Waals surface area contributed by atoms with Gasteiger partial charge in [-0.15, -0.1) is 0 Å². The largest absolute Gasteiger partial charge is 0.371 e. The van der Waals surface area contributed by atoms with Crippen LogP contribution in [0.1, 0.15) is 23.2 Å². The van der Waals surface area contributed by atoms with E-state index in [4.69, 9.17) is 4.52 Å². The number of aromatic nitrogens is 5. The maximum atomic E-state index is 12.8. The van der Waals surface area contributed by atoms with Crippen molar-refractivity contribution in [2.24, 2.45) is 11.8 Å². The summed E-state index contributed by atoms with van der Waals surface area (Å²) in [7, 11) is 0. The van der Waals surface area contributed by atoms with Gasteiger partial charge in [0.2, 0.25) is 5.89 Å². The summed E-state index contributed by atoms with van der Waals surface area (Å²) in [6.45, 7) is 4.11. The zero-order valence-electron chi connectivity index (χ0n) is 16.5. The Balaban J connectivity index is 1.19. The fraction of sp³-hybridized carbons (Fsp3) is 0.318. The van der Waals surface area contributed by atoms with E-state index in [-0.39, 0.29) is 12.1 Å². The second-order valence-electron chi connectivity index (χ2n) is 8.17. The van der Waals surface area contributed by atoms with Crippen LogP contribution in [0.25, 0.3) is 10.9 Å². The molecule has 0 amide bonds. The van der Waals surface area contributed by atoms with Crippen LogP contribution in [0.3, 0.4) is 0 Å². The second-order valence-corrected chi connectivity index (χ2v) is 8.17. The molecule has 0 N–H and O–H groups in total. The molecule has 4 heterocycles. The zero-order chi connectivity index (χ0) is 20.2. The molecule has 150 valence electrons. The number of pyridine rings is 1. The Bertz CT molecular complexity index is 1290. The molecule has 1 aromatic carbocycles. The summed E-state index contributed by atoms with van der Waals surface area (Å²) < 4.78 is 6.98. The van der Waals surface area contributed by atoms with Crippen molar-refractivity contribution >= 4 is 16.6 Å². The Morgan fingerprint density at radius 1 is 1.13 bits per heavy atom. The lowest BCUT2D eigenvalue weighted by Gasteiger charge is -2.21. The lowest BCUT2D eigenvalue weighted by Crippen LogP contribution is -2.23. The van der Waals surface area contributed by atoms with Crippen molar-refractivity contribution in [1.82, 2.24) is 24.7 Å². The number of hydrogen-bond acceptors (Lipinski definition) is 7. The molecule has 0 spiro atoms. The van der Waals surface area contributed by atoms with Gasteiger partial charge in [-0.25, -0.2) is 4.98 Å². The number of benzene rings is 1. The number of para-hydroxylation sites is 1. The van der Waals surface area contributed by atoms with Gasteiger partial charge in [0, 0.05) is 30.9 Å². The van der Waals surface area contributed by atoms with Crippen LogP contribution in [0.2, 0.25) is 0 Å². The lowest BCUT2D eigenvalue weighted by molar-refractivity contribution is 0.363. The fourth-order valence-electron chi connectivity index (χ4n) is 4.74. The van der Waals surface area contributed by atoms with Gasteiger partial charge < -0.3 is 9.42 Å². The van der Waals surface area contributed by atoms with E-state index in [0.29, 0.717) is 34.5 Å². The van der Waals surface area contributed by atoms with Crippen molar-refractivity contribution in [1.29, 1.82) is 0 Å². The highest BCUT2D eigenvalue weighted by Crippen LogP contribution is 2.57. The van der Waals surface area contributed by atoms with Crippen LogP contribution in [-0.2, 0) is 6.54 Å². The van der Waals surface area contributed by atoms with Gasteiger partial charge in [0.05, 0.1) is 23.4 Å². The Kier molecular flexibility index (Phi) is 3.74. The van der Waals surface area contributed by atoms with Gasteiger partial charge in [-0.05, 0) is 36.5 Å². The van der Waals surface area contributed by atoms with Gasteiger partial charge >= 0.3 is 0 Å². The van der Waals surface area contributed by atoms with E-state index in [9.17, 15) is 4.79 Å². The average molecular weight is 400 g/mol. The summed E-state index contributed by atoms with van der Waals surface area (Å²) >= 11 is 0. The number of aryl methyl sites for hydroxylation is 1. The molecule has 8 heteroatoms. The van der Waals surface area contributed by atoms with E-state index in [1.54, 1.807) is 12.4 Å². The van der Waals surface area contributed by atoms with E-state index in [1.165, 1.54) is 16.6 Å². The third-order valence-corrected chi connectivity index (χ3v) is 6.33. The minimum absolute atomic E-state index is 0.124. The van der Waals surface area contributed by atoms with Crippen LogP contribution in [0.4, 0.5) is 5.69 Å². The molecule has 1 aliphatic carbocycles. The van der Waals surface area contributed by atoms with Crippen molar-refractivity contribution in [3.63, 3.8) is 0 Å². The molecule has 3 atom stereocenters. The SMILES string of the molecule is Cc1cncc2ncn(Cc3nc(C4[C@H]5CN(c6ccccc6)C[C@@H]45)no3)c(=O)c12. The van der Waals surface area contributed by atoms with E-state index in [2.05, 4.69) is 49.3 Å². The molecule has 8 nitrogen and oxygen atoms in total. The first-order valence-corrected chi connectivity index (χ1v) is 10.1. The Labute approximate surface area is 172 Å². The first-order valence-electron chi connectivity index (χ1n) is 10.1. The number of anilines is 1. The van der Waals surface area contributed by atoms with Crippen LogP contribution in [-0.4, -0.2) is 37.8 Å². The molecule has 1 unspecified atom stereocenters. The van der Waals surface area contributed by atoms with E-state index in [1.807, 2.05) is 13.0 Å². The number of nitrogens with zero attached hydrogens (tertiary/aromatic N) is 6. The third kappa shape index (κ3) is 2.71. The first-order chi connectivity index (χ1) is 14.7. The molecule has 2 aliphatic rings. The lowest BCUT2D eigenvalue weighted by atomic mass is 10.2. The number of rotatable bonds is 4. The van der Waals surface area contributed by atoms with Crippen LogP contribution >= 0.6 is 0 Å². The molecular formula is C22H20N6O2. The molecule has 0 bridgehead atoms. The minimum atomic E-state index is -0.124. The Hall–Kier alpha value is -3.55. The van der Waals surface area contributed by atoms with Crippen molar-refractivity contribution < 1.29 is 4.52 Å². The Morgan fingerprint density at radius 2 is 1.93 bits per heavy atom. The molecular weight excluding hydrogens is 380 g/mol. The van der Waals surface area contributed by atoms with Crippen LogP contribution in [0.5, 0.6) is 0 Å². The molecule has 1 saturated heterocycles. The highest BCUT2D eigenvalue weighted by molar-refractivity contribution is 5.79. The standard InChI is InChI=1S/C22H20N6O2/c1-13-7-23-8-17-19(13)22(29)28(12-24-17)11-18-25-21(26-30-18)20-15-9-27(10-16(15)20)14-5-3-2-4-6-14/h2-8,12,15-16,20H,9-11H2,1H3/t15-,16+,20?.